The molecule has 27 heavy (non-hydrogen) atoms. The van der Waals surface area contributed by atoms with Crippen molar-refractivity contribution >= 4 is 11.9 Å². The Labute approximate surface area is 167 Å². The van der Waals surface area contributed by atoms with Crippen LogP contribution in [0, 0.1) is 0 Å². The van der Waals surface area contributed by atoms with Crippen LogP contribution in [-0.2, 0) is 14.3 Å². The van der Waals surface area contributed by atoms with Gasteiger partial charge in [-0.25, -0.2) is 0 Å². The zero-order valence-electron chi connectivity index (χ0n) is 17.9. The summed E-state index contributed by atoms with van der Waals surface area (Å²) in [5.74, 6) is -0.168. The molecule has 0 saturated carbocycles. The molecule has 0 radical (unpaired) electrons. The number of amides is 1. The van der Waals surface area contributed by atoms with E-state index in [4.69, 9.17) is 10.5 Å². The van der Waals surface area contributed by atoms with Crippen LogP contribution in [0.5, 0.6) is 0 Å². The van der Waals surface area contributed by atoms with Crippen molar-refractivity contribution in [2.45, 2.75) is 116 Å². The Balaban J connectivity index is 3.39. The summed E-state index contributed by atoms with van der Waals surface area (Å²) >= 11 is 0. The second-order valence-corrected chi connectivity index (χ2v) is 7.55. The molecule has 0 aromatic carbocycles. The Bertz CT molecular complexity index is 361. The summed E-state index contributed by atoms with van der Waals surface area (Å²) < 4.78 is 5.10. The van der Waals surface area contributed by atoms with E-state index >= 15 is 0 Å². The van der Waals surface area contributed by atoms with Gasteiger partial charge in [0.15, 0.2) is 0 Å². The first-order valence-corrected chi connectivity index (χ1v) is 11.3. The predicted octanol–water partition coefficient (Wildman–Crippen LogP) is 4.86. The van der Waals surface area contributed by atoms with Crippen LogP contribution in [-0.4, -0.2) is 31.1 Å². The van der Waals surface area contributed by atoms with Crippen LogP contribution in [0.2, 0.25) is 0 Å². The maximum absolute atomic E-state index is 11.8. The van der Waals surface area contributed by atoms with E-state index < -0.39 is 6.04 Å². The van der Waals surface area contributed by atoms with Crippen molar-refractivity contribution in [3.63, 3.8) is 0 Å². The Morgan fingerprint density at radius 3 is 2.04 bits per heavy atom. The highest BCUT2D eigenvalue weighted by Gasteiger charge is 2.14. The smallest absolute Gasteiger partial charge is 0.322 e. The van der Waals surface area contributed by atoms with Crippen molar-refractivity contribution in [1.29, 1.82) is 0 Å². The molecule has 0 saturated heterocycles. The summed E-state index contributed by atoms with van der Waals surface area (Å²) in [6.45, 7) is 5.41. The number of ether oxygens (including phenoxy) is 1. The van der Waals surface area contributed by atoms with Crippen molar-refractivity contribution in [1.82, 2.24) is 5.32 Å². The predicted molar refractivity (Wildman–Crippen MR) is 113 cm³/mol. The number of nitrogens with two attached hydrogens (primary N) is 1. The van der Waals surface area contributed by atoms with Gasteiger partial charge < -0.3 is 15.8 Å². The summed E-state index contributed by atoms with van der Waals surface area (Å²) in [4.78, 5) is 23.4. The van der Waals surface area contributed by atoms with Crippen molar-refractivity contribution in [3.05, 3.63) is 0 Å². The lowest BCUT2D eigenvalue weighted by Crippen LogP contribution is -2.32. The van der Waals surface area contributed by atoms with E-state index in [0.717, 1.165) is 38.5 Å². The first-order valence-electron chi connectivity index (χ1n) is 11.3. The molecule has 160 valence electrons. The second kappa shape index (κ2) is 19.7. The molecule has 0 bridgehead atoms. The third-order valence-electron chi connectivity index (χ3n) is 4.82. The van der Waals surface area contributed by atoms with Gasteiger partial charge in [0.1, 0.15) is 6.04 Å². The number of nitrogens with one attached hydrogen (secondary N) is 1. The fourth-order valence-electron chi connectivity index (χ4n) is 2.94. The highest BCUT2D eigenvalue weighted by Crippen LogP contribution is 2.10. The van der Waals surface area contributed by atoms with E-state index in [-0.39, 0.29) is 11.9 Å². The molecule has 3 N–H and O–H groups in total. The number of hydrogen-bond donors (Lipinski definition) is 2. The molecular weight excluding hydrogens is 340 g/mol. The number of carbonyl (C=O) groups excluding carboxylic acids is 2. The molecule has 0 aromatic rings. The lowest BCUT2D eigenvalue weighted by molar-refractivity contribution is -0.145. The SMILES string of the molecule is CCCCCCCCCCCC(=O)NCCCC[C@H](N)C(=O)OCCCC. The molecule has 0 spiro atoms. The van der Waals surface area contributed by atoms with Crippen molar-refractivity contribution < 1.29 is 14.3 Å². The van der Waals surface area contributed by atoms with Gasteiger partial charge >= 0.3 is 5.97 Å². The third kappa shape index (κ3) is 18.0. The van der Waals surface area contributed by atoms with Crippen molar-refractivity contribution in [2.24, 2.45) is 5.73 Å². The zero-order chi connectivity index (χ0) is 20.2. The molecule has 0 fully saturated rings. The van der Waals surface area contributed by atoms with Gasteiger partial charge in [-0.15, -0.1) is 0 Å². The lowest BCUT2D eigenvalue weighted by Gasteiger charge is -2.11. The number of carbonyl (C=O) groups is 2. The zero-order valence-corrected chi connectivity index (χ0v) is 17.9. The average Bonchev–Trinajstić information content (AvgIpc) is 2.66. The first kappa shape index (κ1) is 25.9. The molecule has 5 heteroatoms. The Morgan fingerprint density at radius 2 is 1.41 bits per heavy atom. The van der Waals surface area contributed by atoms with Crippen LogP contribution >= 0.6 is 0 Å². The topological polar surface area (TPSA) is 81.4 Å². The van der Waals surface area contributed by atoms with Crippen molar-refractivity contribution in [3.8, 4) is 0 Å². The molecule has 0 aliphatic rings. The van der Waals surface area contributed by atoms with Crippen LogP contribution in [0.15, 0.2) is 0 Å². The highest BCUT2D eigenvalue weighted by atomic mass is 16.5. The molecule has 0 heterocycles. The minimum atomic E-state index is -0.542. The van der Waals surface area contributed by atoms with E-state index in [1.807, 2.05) is 0 Å². The van der Waals surface area contributed by atoms with Crippen LogP contribution in [0.4, 0.5) is 0 Å². The van der Waals surface area contributed by atoms with Gasteiger partial charge in [0, 0.05) is 13.0 Å². The first-order chi connectivity index (χ1) is 13.1. The number of esters is 1. The molecule has 1 atom stereocenters. The molecular formula is C22H44N2O3. The van der Waals surface area contributed by atoms with Crippen LogP contribution in [0.25, 0.3) is 0 Å². The molecule has 5 nitrogen and oxygen atoms in total. The van der Waals surface area contributed by atoms with E-state index in [2.05, 4.69) is 19.2 Å². The van der Waals surface area contributed by atoms with Gasteiger partial charge in [0.25, 0.3) is 0 Å². The lowest BCUT2D eigenvalue weighted by atomic mass is 10.1. The summed E-state index contributed by atoms with van der Waals surface area (Å²) in [5, 5.41) is 2.96. The largest absolute Gasteiger partial charge is 0.465 e. The molecule has 1 amide bonds. The average molecular weight is 385 g/mol. The van der Waals surface area contributed by atoms with Crippen LogP contribution in [0.1, 0.15) is 110 Å². The molecule has 0 aliphatic carbocycles. The summed E-state index contributed by atoms with van der Waals surface area (Å²) in [6, 6.07) is -0.542. The highest BCUT2D eigenvalue weighted by molar-refractivity contribution is 5.76. The Hall–Kier alpha value is -1.10. The van der Waals surface area contributed by atoms with E-state index in [9.17, 15) is 9.59 Å². The molecule has 0 unspecified atom stereocenters. The van der Waals surface area contributed by atoms with E-state index in [1.165, 1.54) is 44.9 Å². The van der Waals surface area contributed by atoms with Gasteiger partial charge in [-0.1, -0.05) is 71.6 Å². The van der Waals surface area contributed by atoms with E-state index in [0.29, 0.717) is 26.0 Å². The summed E-state index contributed by atoms with van der Waals surface area (Å²) in [7, 11) is 0. The monoisotopic (exact) mass is 384 g/mol. The maximum atomic E-state index is 11.8. The fraction of sp³-hybridized carbons (Fsp3) is 0.909. The minimum absolute atomic E-state index is 0.140. The molecule has 0 aliphatic heterocycles. The third-order valence-corrected chi connectivity index (χ3v) is 4.82. The van der Waals surface area contributed by atoms with Gasteiger partial charge in [0.05, 0.1) is 6.61 Å². The quantitative estimate of drug-likeness (QED) is 0.246. The van der Waals surface area contributed by atoms with Crippen molar-refractivity contribution in [2.75, 3.05) is 13.2 Å². The number of hydrogen-bond acceptors (Lipinski definition) is 4. The number of rotatable bonds is 19. The van der Waals surface area contributed by atoms with Crippen LogP contribution < -0.4 is 11.1 Å². The van der Waals surface area contributed by atoms with Gasteiger partial charge in [-0.2, -0.15) is 0 Å². The molecule has 0 rings (SSSR count). The van der Waals surface area contributed by atoms with Gasteiger partial charge in [-0.05, 0) is 32.1 Å². The Kier molecular flexibility index (Phi) is 18.9. The normalized spacial score (nSPS) is 12.0. The summed E-state index contributed by atoms with van der Waals surface area (Å²) in [6.07, 6.45) is 16.2. The van der Waals surface area contributed by atoms with Crippen LogP contribution in [0.3, 0.4) is 0 Å². The maximum Gasteiger partial charge on any atom is 0.322 e. The minimum Gasteiger partial charge on any atom is -0.465 e. The van der Waals surface area contributed by atoms with E-state index in [1.54, 1.807) is 0 Å². The second-order valence-electron chi connectivity index (χ2n) is 7.55. The fourth-order valence-corrected chi connectivity index (χ4v) is 2.94. The van der Waals surface area contributed by atoms with Gasteiger partial charge in [0.2, 0.25) is 5.91 Å². The standard InChI is InChI=1S/C22H44N2O3/c1-3-5-7-8-9-10-11-12-13-17-21(25)24-18-15-14-16-20(23)22(26)27-19-6-4-2/h20H,3-19,23H2,1-2H3,(H,24,25)/t20-/m0/s1. The Morgan fingerprint density at radius 1 is 0.815 bits per heavy atom. The molecule has 0 aromatic heterocycles. The summed E-state index contributed by atoms with van der Waals surface area (Å²) in [5.41, 5.74) is 5.82. The van der Waals surface area contributed by atoms with Gasteiger partial charge in [-0.3, -0.25) is 9.59 Å². The number of unbranched alkanes of at least 4 members (excludes halogenated alkanes) is 10.